The van der Waals surface area contributed by atoms with Gasteiger partial charge in [-0.1, -0.05) is 15.9 Å². The summed E-state index contributed by atoms with van der Waals surface area (Å²) in [5.41, 5.74) is 1.19. The third-order valence-corrected chi connectivity index (χ3v) is 3.81. The molecule has 0 spiro atoms. The van der Waals surface area contributed by atoms with Gasteiger partial charge in [0.2, 0.25) is 0 Å². The average Bonchev–Trinajstić information content (AvgIpc) is 2.32. The molecule has 0 aliphatic heterocycles. The zero-order valence-corrected chi connectivity index (χ0v) is 12.5. The maximum absolute atomic E-state index is 5.55. The van der Waals surface area contributed by atoms with E-state index in [1.165, 1.54) is 5.56 Å². The van der Waals surface area contributed by atoms with E-state index in [9.17, 15) is 0 Å². The van der Waals surface area contributed by atoms with Gasteiger partial charge >= 0.3 is 0 Å². The van der Waals surface area contributed by atoms with E-state index in [0.29, 0.717) is 12.1 Å². The monoisotopic (exact) mass is 313 g/mol. The number of methoxy groups -OCH3 is 1. The molecule has 3 nitrogen and oxygen atoms in total. The molecule has 1 fully saturated rings. The molecular formula is C14H20BrNO2. The van der Waals surface area contributed by atoms with Gasteiger partial charge in [-0.25, -0.2) is 0 Å². The number of hydrogen-bond donors (Lipinski definition) is 1. The molecule has 1 aromatic carbocycles. The molecule has 1 aliphatic rings. The molecule has 2 rings (SSSR count). The molecule has 0 aromatic heterocycles. The molecule has 0 unspecified atom stereocenters. The van der Waals surface area contributed by atoms with Crippen LogP contribution in [0.15, 0.2) is 22.7 Å². The summed E-state index contributed by atoms with van der Waals surface area (Å²) in [7, 11) is 1.71. The lowest BCUT2D eigenvalue weighted by molar-refractivity contribution is -0.0102. The van der Waals surface area contributed by atoms with Crippen molar-refractivity contribution in [2.75, 3.05) is 13.7 Å². The zero-order valence-electron chi connectivity index (χ0n) is 10.9. The van der Waals surface area contributed by atoms with Crippen LogP contribution in [0.4, 0.5) is 0 Å². The first-order valence-electron chi connectivity index (χ1n) is 6.40. The molecule has 0 saturated heterocycles. The molecule has 100 valence electrons. The van der Waals surface area contributed by atoms with Crippen LogP contribution in [0.3, 0.4) is 0 Å². The molecule has 0 radical (unpaired) electrons. The fourth-order valence-corrected chi connectivity index (χ4v) is 2.65. The first-order valence-corrected chi connectivity index (χ1v) is 7.19. The highest BCUT2D eigenvalue weighted by molar-refractivity contribution is 9.10. The van der Waals surface area contributed by atoms with Crippen molar-refractivity contribution in [1.82, 2.24) is 5.32 Å². The van der Waals surface area contributed by atoms with Crippen molar-refractivity contribution in [3.63, 3.8) is 0 Å². The number of halogens is 1. The Bertz CT molecular complexity index is 391. The van der Waals surface area contributed by atoms with E-state index in [1.807, 2.05) is 19.1 Å². The maximum atomic E-state index is 5.55. The van der Waals surface area contributed by atoms with E-state index in [-0.39, 0.29) is 0 Å². The zero-order chi connectivity index (χ0) is 13.0. The first-order chi connectivity index (χ1) is 8.72. The largest absolute Gasteiger partial charge is 0.496 e. The molecular weight excluding hydrogens is 294 g/mol. The Balaban J connectivity index is 1.82. The maximum Gasteiger partial charge on any atom is 0.123 e. The highest BCUT2D eigenvalue weighted by Gasteiger charge is 2.28. The number of nitrogens with one attached hydrogen (secondary N) is 1. The second kappa shape index (κ2) is 6.55. The number of benzene rings is 1. The predicted molar refractivity (Wildman–Crippen MR) is 76.0 cm³/mol. The van der Waals surface area contributed by atoms with Crippen molar-refractivity contribution >= 4 is 15.9 Å². The van der Waals surface area contributed by atoms with E-state index in [0.717, 1.165) is 36.2 Å². The molecule has 0 heterocycles. The third-order valence-electron chi connectivity index (χ3n) is 3.32. The highest BCUT2D eigenvalue weighted by atomic mass is 79.9. The van der Waals surface area contributed by atoms with Gasteiger partial charge < -0.3 is 14.8 Å². The van der Waals surface area contributed by atoms with E-state index >= 15 is 0 Å². The SMILES string of the molecule is CCOC1CC(NCc2cc(Br)ccc2OC)C1. The standard InChI is InChI=1S/C14H20BrNO2/c1-3-18-13-7-12(8-13)16-9-10-6-11(15)4-5-14(10)17-2/h4-6,12-13,16H,3,7-9H2,1-2H3. The minimum absolute atomic E-state index is 0.455. The summed E-state index contributed by atoms with van der Waals surface area (Å²) < 4.78 is 12.0. The molecule has 1 N–H and O–H groups in total. The van der Waals surface area contributed by atoms with Crippen LogP contribution in [0, 0.1) is 0 Å². The van der Waals surface area contributed by atoms with Gasteiger partial charge in [0, 0.05) is 29.2 Å². The molecule has 0 amide bonds. The minimum Gasteiger partial charge on any atom is -0.496 e. The van der Waals surface area contributed by atoms with Gasteiger partial charge in [-0.2, -0.15) is 0 Å². The summed E-state index contributed by atoms with van der Waals surface area (Å²) in [5.74, 6) is 0.936. The minimum atomic E-state index is 0.455. The van der Waals surface area contributed by atoms with Crippen molar-refractivity contribution in [3.05, 3.63) is 28.2 Å². The summed E-state index contributed by atoms with van der Waals surface area (Å²) in [6.45, 7) is 3.70. The molecule has 4 heteroatoms. The molecule has 1 aliphatic carbocycles. The van der Waals surface area contributed by atoms with Crippen molar-refractivity contribution in [2.24, 2.45) is 0 Å². The van der Waals surface area contributed by atoms with E-state index in [2.05, 4.69) is 27.3 Å². The Morgan fingerprint density at radius 3 is 2.83 bits per heavy atom. The Kier molecular flexibility index (Phi) is 5.03. The van der Waals surface area contributed by atoms with E-state index in [4.69, 9.17) is 9.47 Å². The van der Waals surface area contributed by atoms with Crippen molar-refractivity contribution in [1.29, 1.82) is 0 Å². The van der Waals surface area contributed by atoms with E-state index < -0.39 is 0 Å². The van der Waals surface area contributed by atoms with Crippen LogP contribution in [0.1, 0.15) is 25.3 Å². The lowest BCUT2D eigenvalue weighted by Gasteiger charge is -2.35. The van der Waals surface area contributed by atoms with Crippen molar-refractivity contribution < 1.29 is 9.47 Å². The fourth-order valence-electron chi connectivity index (χ4n) is 2.24. The van der Waals surface area contributed by atoms with Crippen LogP contribution in [-0.2, 0) is 11.3 Å². The van der Waals surface area contributed by atoms with Gasteiger partial charge in [0.15, 0.2) is 0 Å². The van der Waals surface area contributed by atoms with Crippen molar-refractivity contribution in [3.8, 4) is 5.75 Å². The smallest absolute Gasteiger partial charge is 0.123 e. The topological polar surface area (TPSA) is 30.5 Å². The van der Waals surface area contributed by atoms with E-state index in [1.54, 1.807) is 7.11 Å². The fraction of sp³-hybridized carbons (Fsp3) is 0.571. The summed E-state index contributed by atoms with van der Waals surface area (Å²) in [6.07, 6.45) is 2.69. The summed E-state index contributed by atoms with van der Waals surface area (Å²) in [4.78, 5) is 0. The van der Waals surface area contributed by atoms with Gasteiger partial charge in [-0.15, -0.1) is 0 Å². The summed E-state index contributed by atoms with van der Waals surface area (Å²) in [5, 5.41) is 3.54. The third kappa shape index (κ3) is 3.46. The van der Waals surface area contributed by atoms with Crippen LogP contribution in [0.2, 0.25) is 0 Å². The number of hydrogen-bond acceptors (Lipinski definition) is 3. The molecule has 1 aromatic rings. The second-order valence-electron chi connectivity index (χ2n) is 4.58. The van der Waals surface area contributed by atoms with Gasteiger partial charge in [0.1, 0.15) is 5.75 Å². The molecule has 1 saturated carbocycles. The molecule has 18 heavy (non-hydrogen) atoms. The lowest BCUT2D eigenvalue weighted by atomic mass is 9.89. The summed E-state index contributed by atoms with van der Waals surface area (Å²) >= 11 is 3.49. The quantitative estimate of drug-likeness (QED) is 0.875. The second-order valence-corrected chi connectivity index (χ2v) is 5.50. The van der Waals surface area contributed by atoms with Gasteiger partial charge in [0.25, 0.3) is 0 Å². The van der Waals surface area contributed by atoms with Crippen LogP contribution >= 0.6 is 15.9 Å². The molecule has 0 bridgehead atoms. The number of ether oxygens (including phenoxy) is 2. The average molecular weight is 314 g/mol. The summed E-state index contributed by atoms with van der Waals surface area (Å²) in [6, 6.07) is 6.66. The Hall–Kier alpha value is -0.580. The van der Waals surface area contributed by atoms with Gasteiger partial charge in [-0.3, -0.25) is 0 Å². The molecule has 0 atom stereocenters. The lowest BCUT2D eigenvalue weighted by Crippen LogP contribution is -2.45. The Morgan fingerprint density at radius 1 is 1.39 bits per heavy atom. The first kappa shape index (κ1) is 13.8. The predicted octanol–water partition coefficient (Wildman–Crippen LogP) is 3.11. The van der Waals surface area contributed by atoms with Crippen LogP contribution < -0.4 is 10.1 Å². The van der Waals surface area contributed by atoms with Crippen LogP contribution in [0.25, 0.3) is 0 Å². The Morgan fingerprint density at radius 2 is 2.17 bits per heavy atom. The normalized spacial score (nSPS) is 22.6. The van der Waals surface area contributed by atoms with Gasteiger partial charge in [-0.05, 0) is 38.0 Å². The highest BCUT2D eigenvalue weighted by Crippen LogP contribution is 2.26. The number of rotatable bonds is 6. The van der Waals surface area contributed by atoms with Crippen LogP contribution in [-0.4, -0.2) is 25.9 Å². The Labute approximate surface area is 117 Å². The van der Waals surface area contributed by atoms with Gasteiger partial charge in [0.05, 0.1) is 13.2 Å². The van der Waals surface area contributed by atoms with Crippen molar-refractivity contribution in [2.45, 2.75) is 38.5 Å². The van der Waals surface area contributed by atoms with Crippen LogP contribution in [0.5, 0.6) is 5.75 Å².